The third kappa shape index (κ3) is 3.71. The predicted octanol–water partition coefficient (Wildman–Crippen LogP) is 4.62. The molecular weight excluding hydrogens is 406 g/mol. The summed E-state index contributed by atoms with van der Waals surface area (Å²) in [6.07, 6.45) is 1.92. The minimum atomic E-state index is -3.73. The third-order valence-electron chi connectivity index (χ3n) is 4.73. The van der Waals surface area contributed by atoms with E-state index in [0.717, 1.165) is 10.4 Å². The largest absolute Gasteiger partial charge is 0.490 e. The fourth-order valence-corrected chi connectivity index (χ4v) is 6.30. The maximum absolute atomic E-state index is 13.1. The molecule has 0 fully saturated rings. The minimum Gasteiger partial charge on any atom is -0.490 e. The van der Waals surface area contributed by atoms with Crippen LogP contribution in [-0.4, -0.2) is 20.9 Å². The van der Waals surface area contributed by atoms with Crippen LogP contribution in [0.3, 0.4) is 0 Å². The van der Waals surface area contributed by atoms with Crippen molar-refractivity contribution in [2.24, 2.45) is 0 Å². The Morgan fingerprint density at radius 3 is 2.72 bits per heavy atom. The number of anilines is 1. The van der Waals surface area contributed by atoms with E-state index in [-0.39, 0.29) is 28.0 Å². The van der Waals surface area contributed by atoms with E-state index in [1.54, 1.807) is 41.8 Å². The Kier molecular flexibility index (Phi) is 5.25. The number of amides is 1. The molecule has 1 N–H and O–H groups in total. The van der Waals surface area contributed by atoms with Gasteiger partial charge in [0.2, 0.25) is 15.7 Å². The molecule has 0 saturated heterocycles. The molecule has 1 aliphatic rings. The third-order valence-corrected chi connectivity index (χ3v) is 7.77. The molecular formula is C22H19NO4S2. The number of carbonyl (C=O) groups is 1. The van der Waals surface area contributed by atoms with E-state index in [1.807, 2.05) is 24.3 Å². The summed E-state index contributed by atoms with van der Waals surface area (Å²) in [5.41, 5.74) is 1.30. The molecule has 0 radical (unpaired) electrons. The smallest absolute Gasteiger partial charge is 0.225 e. The van der Waals surface area contributed by atoms with Crippen molar-refractivity contribution in [2.75, 3.05) is 11.9 Å². The van der Waals surface area contributed by atoms with Gasteiger partial charge in [-0.1, -0.05) is 43.0 Å². The number of ether oxygens (including phenoxy) is 1. The number of fused-ring (bicyclic) bond motifs is 1. The normalized spacial score (nSPS) is 16.0. The molecule has 5 nitrogen and oxygen atoms in total. The number of sulfone groups is 1. The second-order valence-electron chi connectivity index (χ2n) is 6.63. The highest BCUT2D eigenvalue weighted by atomic mass is 32.2. The lowest BCUT2D eigenvalue weighted by Crippen LogP contribution is -2.23. The van der Waals surface area contributed by atoms with Crippen LogP contribution < -0.4 is 10.1 Å². The van der Waals surface area contributed by atoms with Crippen LogP contribution in [0.4, 0.5) is 5.69 Å². The zero-order valence-electron chi connectivity index (χ0n) is 15.5. The lowest BCUT2D eigenvalue weighted by molar-refractivity contribution is -0.116. The van der Waals surface area contributed by atoms with E-state index < -0.39 is 9.84 Å². The maximum atomic E-state index is 13.1. The molecule has 1 amide bonds. The van der Waals surface area contributed by atoms with Gasteiger partial charge in [0.15, 0.2) is 0 Å². The van der Waals surface area contributed by atoms with Gasteiger partial charge in [0.05, 0.1) is 10.6 Å². The van der Waals surface area contributed by atoms with Crippen LogP contribution >= 0.6 is 11.3 Å². The van der Waals surface area contributed by atoms with E-state index in [2.05, 4.69) is 11.9 Å². The molecule has 2 aromatic carbocycles. The quantitative estimate of drug-likeness (QED) is 0.585. The van der Waals surface area contributed by atoms with Crippen molar-refractivity contribution in [3.8, 4) is 5.75 Å². The van der Waals surface area contributed by atoms with Crippen molar-refractivity contribution in [1.82, 2.24) is 0 Å². The Labute approximate surface area is 173 Å². The number of hydrogen-bond donors (Lipinski definition) is 1. The van der Waals surface area contributed by atoms with Crippen molar-refractivity contribution in [3.05, 3.63) is 83.1 Å². The average molecular weight is 426 g/mol. The highest BCUT2D eigenvalue weighted by molar-refractivity contribution is 7.91. The Bertz CT molecular complexity index is 1170. The van der Waals surface area contributed by atoms with Crippen LogP contribution in [-0.2, 0) is 14.6 Å². The molecule has 3 aromatic rings. The highest BCUT2D eigenvalue weighted by Gasteiger charge is 2.34. The highest BCUT2D eigenvalue weighted by Crippen LogP contribution is 2.46. The summed E-state index contributed by atoms with van der Waals surface area (Å²) < 4.78 is 31.8. The summed E-state index contributed by atoms with van der Waals surface area (Å²) in [4.78, 5) is 13.6. The molecule has 1 aromatic heterocycles. The number of nitrogens with one attached hydrogen (secondary N) is 1. The first-order valence-corrected chi connectivity index (χ1v) is 11.4. The van der Waals surface area contributed by atoms with Gasteiger partial charge in [-0.05, 0) is 29.8 Å². The molecule has 148 valence electrons. The molecule has 4 rings (SSSR count). The van der Waals surface area contributed by atoms with E-state index in [0.29, 0.717) is 18.0 Å². The molecule has 0 spiro atoms. The number of thiophene rings is 1. The molecule has 7 heteroatoms. The van der Waals surface area contributed by atoms with Crippen molar-refractivity contribution >= 4 is 32.8 Å². The first kappa shape index (κ1) is 19.4. The molecule has 0 unspecified atom stereocenters. The van der Waals surface area contributed by atoms with E-state index in [9.17, 15) is 13.2 Å². The minimum absolute atomic E-state index is 0.140. The van der Waals surface area contributed by atoms with Crippen LogP contribution in [0.5, 0.6) is 5.75 Å². The zero-order chi connectivity index (χ0) is 20.4. The van der Waals surface area contributed by atoms with Gasteiger partial charge in [0.25, 0.3) is 0 Å². The molecule has 0 aliphatic carbocycles. The lowest BCUT2D eigenvalue weighted by Gasteiger charge is -2.24. The van der Waals surface area contributed by atoms with Crippen LogP contribution in [0, 0.1) is 0 Å². The van der Waals surface area contributed by atoms with Crippen LogP contribution in [0.2, 0.25) is 0 Å². The van der Waals surface area contributed by atoms with Gasteiger partial charge < -0.3 is 10.1 Å². The fraction of sp³-hybridized carbons (Fsp3) is 0.136. The summed E-state index contributed by atoms with van der Waals surface area (Å²) >= 11 is 1.35. The van der Waals surface area contributed by atoms with Crippen LogP contribution in [0.15, 0.2) is 82.4 Å². The van der Waals surface area contributed by atoms with Crippen molar-refractivity contribution in [2.45, 2.75) is 22.1 Å². The molecule has 29 heavy (non-hydrogen) atoms. The number of hydrogen-bond acceptors (Lipinski definition) is 5. The second-order valence-corrected chi connectivity index (χ2v) is 9.46. The van der Waals surface area contributed by atoms with E-state index in [4.69, 9.17) is 4.74 Å². The van der Waals surface area contributed by atoms with Crippen LogP contribution in [0.25, 0.3) is 0 Å². The van der Waals surface area contributed by atoms with Gasteiger partial charge in [0, 0.05) is 22.6 Å². The Hall–Kier alpha value is -2.90. The summed E-state index contributed by atoms with van der Waals surface area (Å²) in [7, 11) is -3.73. The van der Waals surface area contributed by atoms with Gasteiger partial charge in [-0.3, -0.25) is 4.79 Å². The Morgan fingerprint density at radius 2 is 1.97 bits per heavy atom. The molecule has 2 heterocycles. The average Bonchev–Trinajstić information content (AvgIpc) is 3.17. The van der Waals surface area contributed by atoms with Crippen molar-refractivity contribution in [3.63, 3.8) is 0 Å². The number of carbonyl (C=O) groups excluding carboxylic acids is 1. The standard InChI is InChI=1S/C22H19NO4S2/c1-2-11-27-16-8-6-7-15(12-16)18-13-20(24)23-21-19(14-28-22(18)21)29(25,26)17-9-4-3-5-10-17/h2-10,12,14,18H,1,11,13H2,(H,23,24)/t18-/m0/s1. The van der Waals surface area contributed by atoms with Crippen molar-refractivity contribution in [1.29, 1.82) is 0 Å². The van der Waals surface area contributed by atoms with Gasteiger partial charge in [0.1, 0.15) is 17.3 Å². The zero-order valence-corrected chi connectivity index (χ0v) is 17.1. The number of rotatable bonds is 6. The molecule has 0 saturated carbocycles. The summed E-state index contributed by atoms with van der Waals surface area (Å²) in [6, 6.07) is 15.8. The van der Waals surface area contributed by atoms with E-state index >= 15 is 0 Å². The Morgan fingerprint density at radius 1 is 1.17 bits per heavy atom. The van der Waals surface area contributed by atoms with Gasteiger partial charge in [-0.2, -0.15) is 0 Å². The van der Waals surface area contributed by atoms with E-state index in [1.165, 1.54) is 11.3 Å². The topological polar surface area (TPSA) is 72.5 Å². The predicted molar refractivity (Wildman–Crippen MR) is 113 cm³/mol. The van der Waals surface area contributed by atoms with Gasteiger partial charge in [-0.15, -0.1) is 11.3 Å². The first-order valence-electron chi connectivity index (χ1n) is 9.05. The molecule has 1 atom stereocenters. The second kappa shape index (κ2) is 7.85. The molecule has 1 aliphatic heterocycles. The lowest BCUT2D eigenvalue weighted by atomic mass is 9.90. The van der Waals surface area contributed by atoms with Crippen LogP contribution in [0.1, 0.15) is 22.8 Å². The van der Waals surface area contributed by atoms with Crippen molar-refractivity contribution < 1.29 is 17.9 Å². The summed E-state index contributed by atoms with van der Waals surface area (Å²) in [6.45, 7) is 4.03. The van der Waals surface area contributed by atoms with Gasteiger partial charge in [-0.25, -0.2) is 8.42 Å². The maximum Gasteiger partial charge on any atom is 0.225 e. The number of benzene rings is 2. The monoisotopic (exact) mass is 425 g/mol. The molecule has 0 bridgehead atoms. The van der Waals surface area contributed by atoms with Gasteiger partial charge >= 0.3 is 0 Å². The SMILES string of the molecule is C=CCOc1cccc([C@@H]2CC(=O)Nc3c(S(=O)(=O)c4ccccc4)csc32)c1. The first-order chi connectivity index (χ1) is 14.0. The summed E-state index contributed by atoms with van der Waals surface area (Å²) in [5.74, 6) is 0.252. The fourth-order valence-electron chi connectivity index (χ4n) is 3.37. The summed E-state index contributed by atoms with van der Waals surface area (Å²) in [5, 5.41) is 4.40. The Balaban J connectivity index is 1.77.